The van der Waals surface area contributed by atoms with Crippen LogP contribution in [-0.2, 0) is 19.1 Å². The zero-order valence-corrected chi connectivity index (χ0v) is 11.1. The normalized spacial score (nSPS) is 10.2. The molecule has 0 aromatic heterocycles. The number of carbonyl (C=O) groups is 2. The van der Waals surface area contributed by atoms with Crippen molar-refractivity contribution in [2.45, 2.75) is 0 Å². The molecule has 0 aliphatic carbocycles. The van der Waals surface area contributed by atoms with E-state index >= 15 is 0 Å². The Morgan fingerprint density at radius 1 is 0.944 bits per heavy atom. The molecular weight excluding hydrogens is 238 g/mol. The SMILES string of the molecule is CN(C)CCOCCOCCO.O=C/C=C\C=O. The molecule has 0 bridgehead atoms. The van der Waals surface area contributed by atoms with Crippen LogP contribution < -0.4 is 0 Å². The third-order valence-corrected chi connectivity index (χ3v) is 1.56. The van der Waals surface area contributed by atoms with E-state index < -0.39 is 0 Å². The monoisotopic (exact) mass is 261 g/mol. The Hall–Kier alpha value is -1.08. The molecule has 6 nitrogen and oxygen atoms in total. The molecule has 0 aliphatic heterocycles. The highest BCUT2D eigenvalue weighted by atomic mass is 16.5. The molecule has 0 spiro atoms. The van der Waals surface area contributed by atoms with Crippen molar-refractivity contribution in [3.05, 3.63) is 12.2 Å². The van der Waals surface area contributed by atoms with Crippen molar-refractivity contribution in [2.24, 2.45) is 0 Å². The first-order chi connectivity index (χ1) is 8.68. The lowest BCUT2D eigenvalue weighted by Crippen LogP contribution is -2.19. The van der Waals surface area contributed by atoms with Crippen LogP contribution in [-0.4, -0.2) is 76.3 Å². The maximum atomic E-state index is 9.32. The van der Waals surface area contributed by atoms with Crippen LogP contribution in [0.5, 0.6) is 0 Å². The topological polar surface area (TPSA) is 76.1 Å². The summed E-state index contributed by atoms with van der Waals surface area (Å²) in [5.41, 5.74) is 0. The van der Waals surface area contributed by atoms with E-state index in [0.717, 1.165) is 25.3 Å². The quantitative estimate of drug-likeness (QED) is 0.325. The second-order valence-electron chi connectivity index (χ2n) is 3.41. The van der Waals surface area contributed by atoms with Crippen LogP contribution in [0.25, 0.3) is 0 Å². The van der Waals surface area contributed by atoms with Crippen LogP contribution in [0.3, 0.4) is 0 Å². The molecule has 0 radical (unpaired) electrons. The van der Waals surface area contributed by atoms with Gasteiger partial charge in [0.15, 0.2) is 0 Å². The van der Waals surface area contributed by atoms with Gasteiger partial charge in [-0.15, -0.1) is 0 Å². The maximum Gasteiger partial charge on any atom is 0.142 e. The molecule has 0 aromatic rings. The first-order valence-corrected chi connectivity index (χ1v) is 5.65. The van der Waals surface area contributed by atoms with E-state index in [9.17, 15) is 9.59 Å². The molecule has 0 amide bonds. The summed E-state index contributed by atoms with van der Waals surface area (Å²) in [5.74, 6) is 0. The second kappa shape index (κ2) is 18.3. The third kappa shape index (κ3) is 24.2. The number of rotatable bonds is 10. The van der Waals surface area contributed by atoms with Crippen LogP contribution in [0.1, 0.15) is 0 Å². The Labute approximate surface area is 108 Å². The number of allylic oxidation sites excluding steroid dienone is 2. The lowest BCUT2D eigenvalue weighted by atomic mass is 10.6. The van der Waals surface area contributed by atoms with E-state index in [1.54, 1.807) is 0 Å². The summed E-state index contributed by atoms with van der Waals surface area (Å²) >= 11 is 0. The number of ether oxygens (including phenoxy) is 2. The average Bonchev–Trinajstić information content (AvgIpc) is 2.36. The van der Waals surface area contributed by atoms with Gasteiger partial charge >= 0.3 is 0 Å². The molecule has 0 unspecified atom stereocenters. The molecule has 0 saturated carbocycles. The van der Waals surface area contributed by atoms with Gasteiger partial charge < -0.3 is 19.5 Å². The second-order valence-corrected chi connectivity index (χ2v) is 3.41. The number of aliphatic hydroxyl groups is 1. The van der Waals surface area contributed by atoms with Crippen molar-refractivity contribution in [1.29, 1.82) is 0 Å². The molecule has 18 heavy (non-hydrogen) atoms. The van der Waals surface area contributed by atoms with Crippen LogP contribution in [0.15, 0.2) is 12.2 Å². The molecule has 0 heterocycles. The summed E-state index contributed by atoms with van der Waals surface area (Å²) in [4.78, 5) is 20.7. The van der Waals surface area contributed by atoms with Gasteiger partial charge in [0.2, 0.25) is 0 Å². The van der Waals surface area contributed by atoms with Crippen molar-refractivity contribution >= 4 is 12.6 Å². The minimum Gasteiger partial charge on any atom is -0.394 e. The van der Waals surface area contributed by atoms with Crippen molar-refractivity contribution in [3.8, 4) is 0 Å². The summed E-state index contributed by atoms with van der Waals surface area (Å²) in [5, 5.41) is 8.37. The predicted octanol–water partition coefficient (Wildman–Crippen LogP) is -0.486. The van der Waals surface area contributed by atoms with Gasteiger partial charge in [0.05, 0.1) is 33.0 Å². The van der Waals surface area contributed by atoms with Gasteiger partial charge in [-0.25, -0.2) is 0 Å². The molecular formula is C12H23NO5. The van der Waals surface area contributed by atoms with E-state index in [-0.39, 0.29) is 6.61 Å². The highest BCUT2D eigenvalue weighted by molar-refractivity contribution is 5.75. The fourth-order valence-electron chi connectivity index (χ4n) is 0.724. The molecule has 0 saturated heterocycles. The molecule has 1 N–H and O–H groups in total. The molecule has 0 atom stereocenters. The minimum absolute atomic E-state index is 0.0810. The van der Waals surface area contributed by atoms with Crippen molar-refractivity contribution < 1.29 is 24.2 Å². The molecule has 0 rings (SSSR count). The molecule has 0 aliphatic rings. The highest BCUT2D eigenvalue weighted by Crippen LogP contribution is 1.80. The van der Waals surface area contributed by atoms with Gasteiger partial charge in [0, 0.05) is 6.54 Å². The summed E-state index contributed by atoms with van der Waals surface area (Å²) in [6.45, 7) is 3.31. The van der Waals surface area contributed by atoms with Crippen LogP contribution in [0, 0.1) is 0 Å². The maximum absolute atomic E-state index is 9.32. The number of aldehydes is 2. The van der Waals surface area contributed by atoms with Crippen molar-refractivity contribution in [1.82, 2.24) is 4.90 Å². The van der Waals surface area contributed by atoms with Gasteiger partial charge in [-0.1, -0.05) is 0 Å². The largest absolute Gasteiger partial charge is 0.394 e. The van der Waals surface area contributed by atoms with Crippen LogP contribution in [0.2, 0.25) is 0 Å². The molecule has 0 aromatic carbocycles. The molecule has 106 valence electrons. The Bertz CT molecular complexity index is 197. The summed E-state index contributed by atoms with van der Waals surface area (Å²) < 4.78 is 10.2. The lowest BCUT2D eigenvalue weighted by Gasteiger charge is -2.09. The zero-order valence-electron chi connectivity index (χ0n) is 11.1. The first-order valence-electron chi connectivity index (χ1n) is 5.65. The third-order valence-electron chi connectivity index (χ3n) is 1.56. The van der Waals surface area contributed by atoms with E-state index in [0.29, 0.717) is 32.4 Å². The standard InChI is InChI=1S/C8H19NO3.C4H4O2/c1-9(2)3-5-11-7-8-12-6-4-10;5-3-1-2-4-6/h10H,3-8H2,1-2H3;1-4H/b;2-1-. The number of hydrogen-bond acceptors (Lipinski definition) is 6. The number of likely N-dealkylation sites (N-methyl/N-ethyl adjacent to an activating group) is 1. The summed E-state index contributed by atoms with van der Waals surface area (Å²) in [6, 6.07) is 0. The minimum atomic E-state index is 0.0810. The smallest absolute Gasteiger partial charge is 0.142 e. The fourth-order valence-corrected chi connectivity index (χ4v) is 0.724. The van der Waals surface area contributed by atoms with Crippen LogP contribution >= 0.6 is 0 Å². The Kier molecular flexibility index (Phi) is 19.6. The van der Waals surface area contributed by atoms with Gasteiger partial charge in [-0.3, -0.25) is 9.59 Å². The van der Waals surface area contributed by atoms with E-state index in [1.807, 2.05) is 14.1 Å². The lowest BCUT2D eigenvalue weighted by molar-refractivity contribution is -0.106. The Morgan fingerprint density at radius 2 is 1.44 bits per heavy atom. The molecule has 6 heteroatoms. The number of carbonyl (C=O) groups excluding carboxylic acids is 2. The number of aliphatic hydroxyl groups excluding tert-OH is 1. The van der Waals surface area contributed by atoms with Gasteiger partial charge in [0.1, 0.15) is 12.6 Å². The number of hydrogen-bond donors (Lipinski definition) is 1. The summed E-state index contributed by atoms with van der Waals surface area (Å²) in [7, 11) is 4.01. The van der Waals surface area contributed by atoms with Crippen molar-refractivity contribution in [2.75, 3.05) is 53.7 Å². The van der Waals surface area contributed by atoms with Gasteiger partial charge in [-0.05, 0) is 26.2 Å². The first kappa shape index (κ1) is 19.3. The van der Waals surface area contributed by atoms with Gasteiger partial charge in [-0.2, -0.15) is 0 Å². The molecule has 0 fully saturated rings. The average molecular weight is 261 g/mol. The number of nitrogens with zero attached hydrogens (tertiary/aromatic N) is 1. The zero-order chi connectivity index (χ0) is 14.1. The van der Waals surface area contributed by atoms with Crippen LogP contribution in [0.4, 0.5) is 0 Å². The van der Waals surface area contributed by atoms with Crippen molar-refractivity contribution in [3.63, 3.8) is 0 Å². The predicted molar refractivity (Wildman–Crippen MR) is 68.5 cm³/mol. The fraction of sp³-hybridized carbons (Fsp3) is 0.667. The summed E-state index contributed by atoms with van der Waals surface area (Å²) in [6.07, 6.45) is 3.36. The van der Waals surface area contributed by atoms with E-state index in [2.05, 4.69) is 4.90 Å². The van der Waals surface area contributed by atoms with E-state index in [1.165, 1.54) is 0 Å². The van der Waals surface area contributed by atoms with Gasteiger partial charge in [0.25, 0.3) is 0 Å². The Balaban J connectivity index is 0. The Morgan fingerprint density at radius 3 is 1.83 bits per heavy atom. The highest BCUT2D eigenvalue weighted by Gasteiger charge is 1.90. The van der Waals surface area contributed by atoms with E-state index in [4.69, 9.17) is 14.6 Å².